The van der Waals surface area contributed by atoms with Crippen molar-refractivity contribution in [3.05, 3.63) is 25.3 Å². The first-order valence-electron chi connectivity index (χ1n) is 15.8. The average Bonchev–Trinajstić information content (AvgIpc) is 3.30. The van der Waals surface area contributed by atoms with E-state index in [1.807, 2.05) is 20.3 Å². The minimum Gasteiger partial charge on any atom is -0.466 e. The Hall–Kier alpha value is -1.17. The highest BCUT2D eigenvalue weighted by atomic mass is 16.5. The number of carbonyl (C=O) groups is 1. The van der Waals surface area contributed by atoms with Crippen LogP contribution in [0.3, 0.4) is 0 Å². The smallest absolute Gasteiger partial charge is 0.306 e. The number of carbonyl (C=O) groups excluding carboxylic acids is 1. The van der Waals surface area contributed by atoms with Crippen molar-refractivity contribution in [3.8, 4) is 0 Å². The summed E-state index contributed by atoms with van der Waals surface area (Å²) >= 11 is 0. The molecule has 4 aliphatic carbocycles. The summed E-state index contributed by atoms with van der Waals surface area (Å²) in [7, 11) is 3.83. The summed E-state index contributed by atoms with van der Waals surface area (Å²) in [6.45, 7) is 16.4. The average molecular weight is 545 g/mol. The van der Waals surface area contributed by atoms with Crippen LogP contribution in [0.4, 0.5) is 0 Å². The van der Waals surface area contributed by atoms with Crippen molar-refractivity contribution in [1.29, 1.82) is 0 Å². The third-order valence-electron chi connectivity index (χ3n) is 12.1. The molecule has 0 aliphatic heterocycles. The van der Waals surface area contributed by atoms with E-state index in [1.165, 1.54) is 25.7 Å². The molecule has 5 nitrogen and oxygen atoms in total. The number of rotatable bonds is 13. The minimum atomic E-state index is -0.110. The van der Waals surface area contributed by atoms with E-state index in [0.29, 0.717) is 79.2 Å². The van der Waals surface area contributed by atoms with E-state index in [-0.39, 0.29) is 17.5 Å². The summed E-state index contributed by atoms with van der Waals surface area (Å²) in [5.74, 6) is 3.52. The van der Waals surface area contributed by atoms with Gasteiger partial charge in [-0.2, -0.15) is 0 Å². The number of ether oxygens (including phenoxy) is 4. The highest BCUT2D eigenvalue weighted by molar-refractivity contribution is 5.69. The number of allylic oxidation sites excluding steroid dienone is 1. The second-order valence-electron chi connectivity index (χ2n) is 13.7. The van der Waals surface area contributed by atoms with Gasteiger partial charge in [0.05, 0.1) is 31.5 Å². The van der Waals surface area contributed by atoms with Gasteiger partial charge < -0.3 is 18.9 Å². The predicted molar refractivity (Wildman–Crippen MR) is 156 cm³/mol. The standard InChI is InChI=1S/C34H56O5/c1-8-10-13-31(35)39-19-11-12-23(3)26-14-15-27-32-28(22-30(34(26,27)5)38-18-9-2)33(4)17-16-25(36-6)20-24(33)21-29(32)37-7/h8-9,23-30,32H,1-2,10-22H2,3-7H3/t23-,24+,25-,26-,27+,28+,29-,30+,32+,33+,34-/m1/s1. The lowest BCUT2D eigenvalue weighted by atomic mass is 9.43. The Kier molecular flexibility index (Phi) is 10.4. The van der Waals surface area contributed by atoms with Crippen LogP contribution in [0.2, 0.25) is 0 Å². The Bertz CT molecular complexity index is 841. The van der Waals surface area contributed by atoms with Crippen molar-refractivity contribution in [1.82, 2.24) is 0 Å². The predicted octanol–water partition coefficient (Wildman–Crippen LogP) is 7.39. The van der Waals surface area contributed by atoms with E-state index in [9.17, 15) is 4.79 Å². The van der Waals surface area contributed by atoms with Gasteiger partial charge in [-0.3, -0.25) is 4.79 Å². The Morgan fingerprint density at radius 1 is 1.03 bits per heavy atom. The van der Waals surface area contributed by atoms with Gasteiger partial charge in [-0.15, -0.1) is 13.2 Å². The van der Waals surface area contributed by atoms with Crippen molar-refractivity contribution in [2.75, 3.05) is 27.4 Å². The molecule has 0 saturated heterocycles. The molecule has 0 N–H and O–H groups in total. The van der Waals surface area contributed by atoms with E-state index in [4.69, 9.17) is 18.9 Å². The summed E-state index contributed by atoms with van der Waals surface area (Å²) in [6.07, 6.45) is 16.1. The lowest BCUT2D eigenvalue weighted by Gasteiger charge is -2.64. The van der Waals surface area contributed by atoms with Gasteiger partial charge in [-0.05, 0) is 105 Å². The second-order valence-corrected chi connectivity index (χ2v) is 13.7. The first-order chi connectivity index (χ1) is 18.7. The molecule has 11 atom stereocenters. The molecule has 0 amide bonds. The van der Waals surface area contributed by atoms with Gasteiger partial charge in [0, 0.05) is 26.1 Å². The van der Waals surface area contributed by atoms with E-state index in [2.05, 4.69) is 33.9 Å². The summed E-state index contributed by atoms with van der Waals surface area (Å²) < 4.78 is 24.5. The van der Waals surface area contributed by atoms with Gasteiger partial charge in [0.15, 0.2) is 0 Å². The molecule has 0 aromatic carbocycles. The highest BCUT2D eigenvalue weighted by Gasteiger charge is 2.66. The maximum Gasteiger partial charge on any atom is 0.306 e. The zero-order valence-corrected chi connectivity index (χ0v) is 25.5. The molecule has 0 bridgehead atoms. The van der Waals surface area contributed by atoms with Crippen LogP contribution in [-0.2, 0) is 23.7 Å². The van der Waals surface area contributed by atoms with Crippen LogP contribution >= 0.6 is 0 Å². The maximum absolute atomic E-state index is 11.9. The second kappa shape index (κ2) is 13.2. The molecule has 0 spiro atoms. The van der Waals surface area contributed by atoms with Crippen molar-refractivity contribution in [3.63, 3.8) is 0 Å². The van der Waals surface area contributed by atoms with E-state index in [0.717, 1.165) is 32.1 Å². The third-order valence-corrected chi connectivity index (χ3v) is 12.1. The maximum atomic E-state index is 11.9. The molecule has 0 heterocycles. The van der Waals surface area contributed by atoms with Gasteiger partial charge in [0.2, 0.25) is 0 Å². The molecule has 0 aromatic heterocycles. The first-order valence-corrected chi connectivity index (χ1v) is 15.8. The third kappa shape index (κ3) is 5.93. The quantitative estimate of drug-likeness (QED) is 0.137. The van der Waals surface area contributed by atoms with Crippen LogP contribution in [0.1, 0.15) is 91.4 Å². The van der Waals surface area contributed by atoms with Gasteiger partial charge in [0.25, 0.3) is 0 Å². The fourth-order valence-corrected chi connectivity index (χ4v) is 10.0. The molecule has 5 heteroatoms. The summed E-state index contributed by atoms with van der Waals surface area (Å²) in [5.41, 5.74) is 0.443. The molecule has 0 unspecified atom stereocenters. The van der Waals surface area contributed by atoms with Crippen molar-refractivity contribution in [2.45, 2.75) is 110 Å². The van der Waals surface area contributed by atoms with E-state index in [1.54, 1.807) is 6.08 Å². The molecule has 0 aromatic rings. The lowest BCUT2D eigenvalue weighted by molar-refractivity contribution is -0.221. The van der Waals surface area contributed by atoms with Crippen LogP contribution in [-0.4, -0.2) is 51.7 Å². The molecule has 4 rings (SSSR count). The number of methoxy groups -OCH3 is 2. The molecular weight excluding hydrogens is 488 g/mol. The molecular formula is C34H56O5. The Labute approximate surface area is 238 Å². The van der Waals surface area contributed by atoms with Crippen LogP contribution < -0.4 is 0 Å². The fraction of sp³-hybridized carbons (Fsp3) is 0.853. The number of hydrogen-bond acceptors (Lipinski definition) is 5. The topological polar surface area (TPSA) is 54.0 Å². The van der Waals surface area contributed by atoms with Crippen molar-refractivity contribution < 1.29 is 23.7 Å². The molecule has 4 aliphatic rings. The molecule has 4 saturated carbocycles. The fourth-order valence-electron chi connectivity index (χ4n) is 10.0. The summed E-state index contributed by atoms with van der Waals surface area (Å²) in [4.78, 5) is 11.9. The molecule has 4 fully saturated rings. The van der Waals surface area contributed by atoms with E-state index >= 15 is 0 Å². The number of esters is 1. The Morgan fingerprint density at radius 2 is 1.82 bits per heavy atom. The van der Waals surface area contributed by atoms with Crippen LogP contribution in [0.15, 0.2) is 25.3 Å². The summed E-state index contributed by atoms with van der Waals surface area (Å²) in [6, 6.07) is 0. The molecule has 222 valence electrons. The van der Waals surface area contributed by atoms with Crippen LogP contribution in [0, 0.1) is 46.3 Å². The number of fused-ring (bicyclic) bond motifs is 5. The van der Waals surface area contributed by atoms with Gasteiger partial charge in [0.1, 0.15) is 0 Å². The molecule has 0 radical (unpaired) electrons. The van der Waals surface area contributed by atoms with E-state index < -0.39 is 0 Å². The van der Waals surface area contributed by atoms with Gasteiger partial charge >= 0.3 is 5.97 Å². The largest absolute Gasteiger partial charge is 0.466 e. The van der Waals surface area contributed by atoms with Crippen LogP contribution in [0.25, 0.3) is 0 Å². The summed E-state index contributed by atoms with van der Waals surface area (Å²) in [5, 5.41) is 0. The van der Waals surface area contributed by atoms with Crippen LogP contribution in [0.5, 0.6) is 0 Å². The first kappa shape index (κ1) is 30.8. The van der Waals surface area contributed by atoms with Gasteiger partial charge in [-0.25, -0.2) is 0 Å². The normalized spacial score (nSPS) is 42.1. The lowest BCUT2D eigenvalue weighted by Crippen LogP contribution is -2.63. The van der Waals surface area contributed by atoms with Crippen molar-refractivity contribution >= 4 is 5.97 Å². The molecule has 39 heavy (non-hydrogen) atoms. The number of hydrogen-bond donors (Lipinski definition) is 0. The van der Waals surface area contributed by atoms with Gasteiger partial charge in [-0.1, -0.05) is 32.9 Å². The monoisotopic (exact) mass is 544 g/mol. The Balaban J connectivity index is 1.52. The van der Waals surface area contributed by atoms with Crippen molar-refractivity contribution in [2.24, 2.45) is 46.3 Å². The zero-order chi connectivity index (χ0) is 28.2. The highest BCUT2D eigenvalue weighted by Crippen LogP contribution is 2.69. The zero-order valence-electron chi connectivity index (χ0n) is 25.5. The Morgan fingerprint density at radius 3 is 2.51 bits per heavy atom. The minimum absolute atomic E-state index is 0.110. The SMILES string of the molecule is C=CCCC(=O)OCCC[C@@H](C)[C@H]1CC[C@H]2[C@@H]3[C@H](OC)C[C@@H]4C[C@H](OC)CC[C@]4(C)[C@H]3C[C@H](OCC=C)[C@]12C.